The molecule has 0 fully saturated rings. The molecule has 1 heterocycles. The van der Waals surface area contributed by atoms with E-state index in [4.69, 9.17) is 4.74 Å². The third-order valence-electron chi connectivity index (χ3n) is 3.06. The summed E-state index contributed by atoms with van der Waals surface area (Å²) < 4.78 is 5.13. The normalized spacial score (nSPS) is 18.9. The van der Waals surface area contributed by atoms with Gasteiger partial charge in [0.2, 0.25) is 0 Å². The van der Waals surface area contributed by atoms with Crippen molar-refractivity contribution in [3.05, 3.63) is 47.2 Å². The highest BCUT2D eigenvalue weighted by Gasteiger charge is 2.27. The van der Waals surface area contributed by atoms with Crippen molar-refractivity contribution in [2.45, 2.75) is 26.2 Å². The summed E-state index contributed by atoms with van der Waals surface area (Å²) in [6.07, 6.45) is 2.62. The second-order valence-corrected chi connectivity index (χ2v) is 4.23. The molecule has 1 aliphatic heterocycles. The Hall–Kier alpha value is -1.90. The number of aliphatic imine (C=N–C) groups is 1. The van der Waals surface area contributed by atoms with E-state index in [0.717, 1.165) is 17.7 Å². The Morgan fingerprint density at radius 1 is 1.39 bits per heavy atom. The molecule has 18 heavy (non-hydrogen) atoms. The SMILES string of the molecule is CCOC(=O)C1=C(C)N=CCC1c1ccccc1. The van der Waals surface area contributed by atoms with Gasteiger partial charge in [0, 0.05) is 17.8 Å². The number of esters is 1. The zero-order chi connectivity index (χ0) is 13.0. The van der Waals surface area contributed by atoms with Crippen LogP contribution in [-0.2, 0) is 9.53 Å². The molecule has 1 unspecified atom stereocenters. The largest absolute Gasteiger partial charge is 0.463 e. The number of carbonyl (C=O) groups excluding carboxylic acids is 1. The summed E-state index contributed by atoms with van der Waals surface area (Å²) in [6, 6.07) is 10.0. The van der Waals surface area contributed by atoms with Crippen LogP contribution >= 0.6 is 0 Å². The lowest BCUT2D eigenvalue weighted by Crippen LogP contribution is -2.19. The van der Waals surface area contributed by atoms with Gasteiger partial charge in [-0.1, -0.05) is 30.3 Å². The molecule has 1 aromatic carbocycles. The Morgan fingerprint density at radius 2 is 2.11 bits per heavy atom. The average Bonchev–Trinajstić information content (AvgIpc) is 2.39. The summed E-state index contributed by atoms with van der Waals surface area (Å²) in [5, 5.41) is 0. The summed E-state index contributed by atoms with van der Waals surface area (Å²) in [4.78, 5) is 16.3. The molecule has 1 aromatic rings. The number of benzene rings is 1. The van der Waals surface area contributed by atoms with Crippen LogP contribution in [0.5, 0.6) is 0 Å². The predicted molar refractivity (Wildman–Crippen MR) is 71.6 cm³/mol. The van der Waals surface area contributed by atoms with Gasteiger partial charge in [0.05, 0.1) is 12.2 Å². The van der Waals surface area contributed by atoms with Crippen molar-refractivity contribution >= 4 is 12.2 Å². The second-order valence-electron chi connectivity index (χ2n) is 4.23. The van der Waals surface area contributed by atoms with E-state index < -0.39 is 0 Å². The molecule has 0 spiro atoms. The Bertz CT molecular complexity index is 488. The Labute approximate surface area is 107 Å². The van der Waals surface area contributed by atoms with Gasteiger partial charge in [0.25, 0.3) is 0 Å². The van der Waals surface area contributed by atoms with E-state index in [0.29, 0.717) is 12.2 Å². The maximum absolute atomic E-state index is 12.0. The van der Waals surface area contributed by atoms with E-state index in [2.05, 4.69) is 4.99 Å². The van der Waals surface area contributed by atoms with Crippen molar-refractivity contribution in [2.24, 2.45) is 4.99 Å². The monoisotopic (exact) mass is 243 g/mol. The van der Waals surface area contributed by atoms with Crippen LogP contribution in [-0.4, -0.2) is 18.8 Å². The highest BCUT2D eigenvalue weighted by atomic mass is 16.5. The van der Waals surface area contributed by atoms with Crippen LogP contribution in [0.15, 0.2) is 46.6 Å². The molecule has 3 nitrogen and oxygen atoms in total. The van der Waals surface area contributed by atoms with E-state index in [1.54, 1.807) is 0 Å². The fourth-order valence-electron chi connectivity index (χ4n) is 2.22. The molecule has 1 atom stereocenters. The van der Waals surface area contributed by atoms with Crippen LogP contribution in [0, 0.1) is 0 Å². The maximum atomic E-state index is 12.0. The van der Waals surface area contributed by atoms with Gasteiger partial charge in [0.1, 0.15) is 0 Å². The minimum atomic E-state index is -0.249. The van der Waals surface area contributed by atoms with Crippen molar-refractivity contribution in [1.29, 1.82) is 0 Å². The Balaban J connectivity index is 2.36. The van der Waals surface area contributed by atoms with Crippen molar-refractivity contribution in [2.75, 3.05) is 6.61 Å². The third kappa shape index (κ3) is 2.50. The van der Waals surface area contributed by atoms with E-state index in [-0.39, 0.29) is 11.9 Å². The van der Waals surface area contributed by atoms with Crippen molar-refractivity contribution in [1.82, 2.24) is 0 Å². The summed E-state index contributed by atoms with van der Waals surface area (Å²) in [5.74, 6) is -0.191. The van der Waals surface area contributed by atoms with Gasteiger partial charge >= 0.3 is 5.97 Å². The van der Waals surface area contributed by atoms with Crippen molar-refractivity contribution < 1.29 is 9.53 Å². The molecule has 2 rings (SSSR count). The van der Waals surface area contributed by atoms with Crippen LogP contribution < -0.4 is 0 Å². The predicted octanol–water partition coefficient (Wildman–Crippen LogP) is 3.08. The minimum Gasteiger partial charge on any atom is -0.463 e. The van der Waals surface area contributed by atoms with Crippen LogP contribution in [0.4, 0.5) is 0 Å². The lowest BCUT2D eigenvalue weighted by atomic mass is 9.86. The first-order chi connectivity index (χ1) is 8.74. The number of hydrogen-bond acceptors (Lipinski definition) is 3. The van der Waals surface area contributed by atoms with Gasteiger partial charge in [-0.25, -0.2) is 4.79 Å². The van der Waals surface area contributed by atoms with Gasteiger partial charge in [-0.15, -0.1) is 0 Å². The molecule has 0 saturated carbocycles. The highest BCUT2D eigenvalue weighted by Crippen LogP contribution is 2.33. The van der Waals surface area contributed by atoms with E-state index in [1.165, 1.54) is 0 Å². The van der Waals surface area contributed by atoms with Gasteiger partial charge in [-0.2, -0.15) is 0 Å². The third-order valence-corrected chi connectivity index (χ3v) is 3.06. The molecule has 0 bridgehead atoms. The topological polar surface area (TPSA) is 38.7 Å². The molecule has 0 saturated heterocycles. The molecule has 1 aliphatic rings. The number of ether oxygens (including phenoxy) is 1. The molecule has 94 valence electrons. The first-order valence-electron chi connectivity index (χ1n) is 6.19. The summed E-state index contributed by atoms with van der Waals surface area (Å²) in [7, 11) is 0. The average molecular weight is 243 g/mol. The van der Waals surface area contributed by atoms with E-state index in [1.807, 2.05) is 50.4 Å². The fourth-order valence-corrected chi connectivity index (χ4v) is 2.22. The number of allylic oxidation sites excluding steroid dienone is 1. The summed E-state index contributed by atoms with van der Waals surface area (Å²) in [5.41, 5.74) is 2.57. The van der Waals surface area contributed by atoms with Crippen molar-refractivity contribution in [3.63, 3.8) is 0 Å². The molecule has 0 radical (unpaired) electrons. The van der Waals surface area contributed by atoms with Crippen LogP contribution in [0.2, 0.25) is 0 Å². The molecule has 0 aromatic heterocycles. The van der Waals surface area contributed by atoms with Crippen molar-refractivity contribution in [3.8, 4) is 0 Å². The molecule has 0 amide bonds. The summed E-state index contributed by atoms with van der Waals surface area (Å²) in [6.45, 7) is 4.07. The Kier molecular flexibility index (Phi) is 3.92. The maximum Gasteiger partial charge on any atom is 0.336 e. The first-order valence-corrected chi connectivity index (χ1v) is 6.19. The molecule has 3 heteroatoms. The van der Waals surface area contributed by atoms with Gasteiger partial charge in [0.15, 0.2) is 0 Å². The molecular formula is C15H17NO2. The lowest BCUT2D eigenvalue weighted by Gasteiger charge is -2.22. The Morgan fingerprint density at radius 3 is 2.78 bits per heavy atom. The van der Waals surface area contributed by atoms with Gasteiger partial charge < -0.3 is 4.74 Å². The van der Waals surface area contributed by atoms with E-state index in [9.17, 15) is 4.79 Å². The molecule has 0 aliphatic carbocycles. The van der Waals surface area contributed by atoms with E-state index >= 15 is 0 Å². The smallest absolute Gasteiger partial charge is 0.336 e. The molecular weight excluding hydrogens is 226 g/mol. The van der Waals surface area contributed by atoms with Crippen LogP contribution in [0.1, 0.15) is 31.7 Å². The van der Waals surface area contributed by atoms with Gasteiger partial charge in [-0.05, 0) is 25.8 Å². The second kappa shape index (κ2) is 5.63. The van der Waals surface area contributed by atoms with Crippen LogP contribution in [0.25, 0.3) is 0 Å². The summed E-state index contributed by atoms with van der Waals surface area (Å²) >= 11 is 0. The number of hydrogen-bond donors (Lipinski definition) is 0. The van der Waals surface area contributed by atoms with Crippen LogP contribution in [0.3, 0.4) is 0 Å². The standard InChI is InChI=1S/C15H17NO2/c1-3-18-15(17)14-11(2)16-10-9-13(14)12-7-5-4-6-8-12/h4-8,10,13H,3,9H2,1-2H3. The lowest BCUT2D eigenvalue weighted by molar-refractivity contribution is -0.138. The number of carbonyl (C=O) groups is 1. The van der Waals surface area contributed by atoms with Gasteiger partial charge in [-0.3, -0.25) is 4.99 Å². The fraction of sp³-hybridized carbons (Fsp3) is 0.333. The number of nitrogens with zero attached hydrogens (tertiary/aromatic N) is 1. The highest BCUT2D eigenvalue weighted by molar-refractivity contribution is 5.93. The zero-order valence-corrected chi connectivity index (χ0v) is 10.7. The number of rotatable bonds is 3. The molecule has 0 N–H and O–H groups in total. The zero-order valence-electron chi connectivity index (χ0n) is 10.7. The minimum absolute atomic E-state index is 0.0581. The quantitative estimate of drug-likeness (QED) is 0.765. The first kappa shape index (κ1) is 12.6.